The van der Waals surface area contributed by atoms with E-state index in [-0.39, 0.29) is 17.9 Å². The Balaban J connectivity index is 1.87. The lowest BCUT2D eigenvalue weighted by Gasteiger charge is -2.31. The highest BCUT2D eigenvalue weighted by molar-refractivity contribution is 5.88. The van der Waals surface area contributed by atoms with Crippen molar-refractivity contribution in [2.45, 2.75) is 51.5 Å². The molecule has 0 radical (unpaired) electrons. The van der Waals surface area contributed by atoms with E-state index in [0.29, 0.717) is 12.1 Å². The Hall–Kier alpha value is -1.84. The number of rotatable bonds is 4. The standard InChI is InChI=1S/C18H23NO3/c1-2-19(17(20)13-5-3-4-6-13)16-10-9-12-7-8-14(18(21)22)11-15(12)16/h7-8,11,13,16H,2-6,9-10H2,1H3,(H,21,22)/t16-/m1/s1. The maximum atomic E-state index is 12.8. The Morgan fingerprint density at radius 3 is 2.59 bits per heavy atom. The van der Waals surface area contributed by atoms with E-state index in [0.717, 1.165) is 44.1 Å². The van der Waals surface area contributed by atoms with Crippen LogP contribution < -0.4 is 0 Å². The summed E-state index contributed by atoms with van der Waals surface area (Å²) < 4.78 is 0. The van der Waals surface area contributed by atoms with Gasteiger partial charge >= 0.3 is 5.97 Å². The third kappa shape index (κ3) is 2.62. The van der Waals surface area contributed by atoms with Gasteiger partial charge < -0.3 is 10.0 Å². The monoisotopic (exact) mass is 301 g/mol. The molecular formula is C18H23NO3. The van der Waals surface area contributed by atoms with E-state index in [4.69, 9.17) is 0 Å². The van der Waals surface area contributed by atoms with Gasteiger partial charge in [0, 0.05) is 12.5 Å². The van der Waals surface area contributed by atoms with Crippen LogP contribution in [0.15, 0.2) is 18.2 Å². The lowest BCUT2D eigenvalue weighted by molar-refractivity contribution is -0.137. The Morgan fingerprint density at radius 1 is 1.23 bits per heavy atom. The van der Waals surface area contributed by atoms with E-state index in [2.05, 4.69) is 0 Å². The molecule has 118 valence electrons. The Kier molecular flexibility index (Phi) is 4.19. The van der Waals surface area contributed by atoms with Crippen molar-refractivity contribution < 1.29 is 14.7 Å². The number of carbonyl (C=O) groups is 2. The fourth-order valence-electron chi connectivity index (χ4n) is 3.97. The van der Waals surface area contributed by atoms with Crippen LogP contribution in [0, 0.1) is 5.92 Å². The van der Waals surface area contributed by atoms with E-state index >= 15 is 0 Å². The molecule has 22 heavy (non-hydrogen) atoms. The number of hydrogen-bond acceptors (Lipinski definition) is 2. The lowest BCUT2D eigenvalue weighted by atomic mass is 10.0. The Labute approximate surface area is 131 Å². The quantitative estimate of drug-likeness (QED) is 0.927. The molecule has 0 aromatic heterocycles. The minimum absolute atomic E-state index is 0.0485. The van der Waals surface area contributed by atoms with Crippen LogP contribution in [0.5, 0.6) is 0 Å². The van der Waals surface area contributed by atoms with E-state index in [1.165, 1.54) is 5.56 Å². The number of aryl methyl sites for hydroxylation is 1. The number of aromatic carboxylic acids is 1. The van der Waals surface area contributed by atoms with Gasteiger partial charge in [-0.05, 0) is 55.9 Å². The average Bonchev–Trinajstić information content (AvgIpc) is 3.17. The van der Waals surface area contributed by atoms with Gasteiger partial charge in [-0.25, -0.2) is 4.79 Å². The summed E-state index contributed by atoms with van der Waals surface area (Å²) in [6.07, 6.45) is 6.14. The minimum Gasteiger partial charge on any atom is -0.478 e. The van der Waals surface area contributed by atoms with Crippen LogP contribution in [0.1, 0.15) is 66.6 Å². The molecule has 4 heteroatoms. The first-order valence-corrected chi connectivity index (χ1v) is 8.28. The van der Waals surface area contributed by atoms with Crippen molar-refractivity contribution in [2.75, 3.05) is 6.54 Å². The number of hydrogen-bond donors (Lipinski definition) is 1. The van der Waals surface area contributed by atoms with Gasteiger partial charge in [0.2, 0.25) is 5.91 Å². The van der Waals surface area contributed by atoms with Gasteiger partial charge in [-0.15, -0.1) is 0 Å². The number of carboxylic acid groups (broad SMARTS) is 1. The fourth-order valence-corrected chi connectivity index (χ4v) is 3.97. The van der Waals surface area contributed by atoms with Crippen molar-refractivity contribution in [1.82, 2.24) is 4.90 Å². The number of nitrogens with zero attached hydrogens (tertiary/aromatic N) is 1. The van der Waals surface area contributed by atoms with Gasteiger partial charge in [0.1, 0.15) is 0 Å². The molecule has 2 aliphatic rings. The number of carboxylic acids is 1. The second kappa shape index (κ2) is 6.11. The fraction of sp³-hybridized carbons (Fsp3) is 0.556. The number of fused-ring (bicyclic) bond motifs is 1. The molecule has 4 nitrogen and oxygen atoms in total. The van der Waals surface area contributed by atoms with Gasteiger partial charge in [0.25, 0.3) is 0 Å². The van der Waals surface area contributed by atoms with E-state index in [9.17, 15) is 14.7 Å². The maximum absolute atomic E-state index is 12.8. The molecule has 2 aliphatic carbocycles. The molecule has 1 saturated carbocycles. The molecular weight excluding hydrogens is 278 g/mol. The summed E-state index contributed by atoms with van der Waals surface area (Å²) >= 11 is 0. The molecule has 1 N–H and O–H groups in total. The van der Waals surface area contributed by atoms with Gasteiger partial charge in [-0.1, -0.05) is 18.9 Å². The van der Waals surface area contributed by atoms with Crippen LogP contribution in [-0.4, -0.2) is 28.4 Å². The third-order valence-electron chi connectivity index (χ3n) is 5.14. The molecule has 1 fully saturated rings. The van der Waals surface area contributed by atoms with Crippen molar-refractivity contribution in [3.05, 3.63) is 34.9 Å². The second-order valence-electron chi connectivity index (χ2n) is 6.38. The Morgan fingerprint density at radius 2 is 1.95 bits per heavy atom. The summed E-state index contributed by atoms with van der Waals surface area (Å²) in [5, 5.41) is 9.20. The van der Waals surface area contributed by atoms with Crippen LogP contribution in [0.3, 0.4) is 0 Å². The summed E-state index contributed by atoms with van der Waals surface area (Å²) in [6.45, 7) is 2.71. The first kappa shape index (κ1) is 15.1. The lowest BCUT2D eigenvalue weighted by Crippen LogP contribution is -2.37. The van der Waals surface area contributed by atoms with E-state index < -0.39 is 5.97 Å². The molecule has 1 amide bonds. The Bertz CT molecular complexity index is 590. The predicted octanol–water partition coefficient (Wildman–Crippen LogP) is 3.41. The normalized spacial score (nSPS) is 20.9. The molecule has 1 atom stereocenters. The SMILES string of the molecule is CCN(C(=O)C1CCCC1)[C@@H]1CCc2ccc(C(=O)O)cc21. The summed E-state index contributed by atoms with van der Waals surface area (Å²) in [5.41, 5.74) is 2.54. The first-order valence-electron chi connectivity index (χ1n) is 8.28. The molecule has 0 saturated heterocycles. The topological polar surface area (TPSA) is 57.6 Å². The molecule has 0 spiro atoms. The average molecular weight is 301 g/mol. The molecule has 1 aromatic rings. The largest absolute Gasteiger partial charge is 0.478 e. The van der Waals surface area contributed by atoms with Crippen LogP contribution in [0.2, 0.25) is 0 Å². The van der Waals surface area contributed by atoms with E-state index in [1.807, 2.05) is 17.9 Å². The number of carbonyl (C=O) groups excluding carboxylic acids is 1. The van der Waals surface area contributed by atoms with Crippen molar-refractivity contribution in [1.29, 1.82) is 0 Å². The van der Waals surface area contributed by atoms with Crippen molar-refractivity contribution in [2.24, 2.45) is 5.92 Å². The highest BCUT2D eigenvalue weighted by Gasteiger charge is 2.34. The van der Waals surface area contributed by atoms with Crippen molar-refractivity contribution in [3.8, 4) is 0 Å². The van der Waals surface area contributed by atoms with Gasteiger partial charge in [-0.3, -0.25) is 4.79 Å². The summed E-state index contributed by atoms with van der Waals surface area (Å²) in [7, 11) is 0. The van der Waals surface area contributed by atoms with Gasteiger partial charge in [0.05, 0.1) is 11.6 Å². The van der Waals surface area contributed by atoms with Crippen LogP contribution in [0.25, 0.3) is 0 Å². The molecule has 0 bridgehead atoms. The zero-order chi connectivity index (χ0) is 15.7. The highest BCUT2D eigenvalue weighted by atomic mass is 16.4. The first-order chi connectivity index (χ1) is 10.6. The van der Waals surface area contributed by atoms with Gasteiger partial charge in [0.15, 0.2) is 0 Å². The smallest absolute Gasteiger partial charge is 0.335 e. The summed E-state index contributed by atoms with van der Waals surface area (Å²) in [5.74, 6) is -0.469. The summed E-state index contributed by atoms with van der Waals surface area (Å²) in [6, 6.07) is 5.39. The molecule has 0 aliphatic heterocycles. The molecule has 3 rings (SSSR count). The minimum atomic E-state index is -0.904. The summed E-state index contributed by atoms with van der Waals surface area (Å²) in [4.78, 5) is 26.0. The van der Waals surface area contributed by atoms with Crippen LogP contribution in [0.4, 0.5) is 0 Å². The van der Waals surface area contributed by atoms with Crippen molar-refractivity contribution in [3.63, 3.8) is 0 Å². The number of amides is 1. The number of benzene rings is 1. The molecule has 0 heterocycles. The second-order valence-corrected chi connectivity index (χ2v) is 6.38. The zero-order valence-electron chi connectivity index (χ0n) is 13.0. The van der Waals surface area contributed by atoms with Gasteiger partial charge in [-0.2, -0.15) is 0 Å². The molecule has 1 aromatic carbocycles. The van der Waals surface area contributed by atoms with Crippen molar-refractivity contribution >= 4 is 11.9 Å². The molecule has 0 unspecified atom stereocenters. The third-order valence-corrected chi connectivity index (χ3v) is 5.14. The van der Waals surface area contributed by atoms with Crippen LogP contribution in [-0.2, 0) is 11.2 Å². The highest BCUT2D eigenvalue weighted by Crippen LogP contribution is 2.38. The maximum Gasteiger partial charge on any atom is 0.335 e. The van der Waals surface area contributed by atoms with Crippen LogP contribution >= 0.6 is 0 Å². The zero-order valence-corrected chi connectivity index (χ0v) is 13.0. The predicted molar refractivity (Wildman–Crippen MR) is 83.8 cm³/mol. The van der Waals surface area contributed by atoms with E-state index in [1.54, 1.807) is 12.1 Å².